The summed E-state index contributed by atoms with van der Waals surface area (Å²) in [5.74, 6) is 0.789. The number of rotatable bonds is 2. The zero-order valence-corrected chi connectivity index (χ0v) is 8.68. The van der Waals surface area contributed by atoms with Gasteiger partial charge >= 0.3 is 0 Å². The highest BCUT2D eigenvalue weighted by atomic mass is 32.2. The van der Waals surface area contributed by atoms with E-state index in [1.165, 1.54) is 0 Å². The van der Waals surface area contributed by atoms with Crippen LogP contribution in [0.4, 0.5) is 0 Å². The van der Waals surface area contributed by atoms with Gasteiger partial charge in [0.05, 0.1) is 5.75 Å². The molecule has 0 aromatic rings. The van der Waals surface area contributed by atoms with Crippen LogP contribution in [-0.2, 0) is 10.0 Å². The summed E-state index contributed by atoms with van der Waals surface area (Å²) < 4.78 is 25.0. The molecule has 2 fully saturated rings. The Hall–Kier alpha value is -0.130. The number of hydrogen-bond acceptors (Lipinski definition) is 3. The van der Waals surface area contributed by atoms with E-state index < -0.39 is 10.0 Å². The van der Waals surface area contributed by atoms with Gasteiger partial charge in [-0.1, -0.05) is 0 Å². The molecule has 2 unspecified atom stereocenters. The fourth-order valence-electron chi connectivity index (χ4n) is 2.32. The van der Waals surface area contributed by atoms with Gasteiger partial charge in [0.2, 0.25) is 10.0 Å². The van der Waals surface area contributed by atoms with Crippen molar-refractivity contribution in [1.29, 1.82) is 0 Å². The standard InChI is InChI=1S/C8H16N2O2S/c1-2-13(11,12)10-4-3-7-5-9-6-8(7)10/h7-9H,2-6H2,1H3. The highest BCUT2D eigenvalue weighted by Gasteiger charge is 2.42. The van der Waals surface area contributed by atoms with Gasteiger partial charge in [-0.3, -0.25) is 0 Å². The maximum Gasteiger partial charge on any atom is 0.214 e. The molecule has 2 heterocycles. The van der Waals surface area contributed by atoms with Crippen LogP contribution in [-0.4, -0.2) is 44.2 Å². The molecule has 0 saturated carbocycles. The second kappa shape index (κ2) is 3.22. The monoisotopic (exact) mass is 204 g/mol. The lowest BCUT2D eigenvalue weighted by molar-refractivity contribution is 0.383. The molecule has 2 aliphatic rings. The van der Waals surface area contributed by atoms with Crippen molar-refractivity contribution < 1.29 is 8.42 Å². The fraction of sp³-hybridized carbons (Fsp3) is 1.00. The quantitative estimate of drug-likeness (QED) is 0.667. The Labute approximate surface area is 79.4 Å². The minimum absolute atomic E-state index is 0.232. The Bertz CT molecular complexity index is 289. The Kier molecular flexibility index (Phi) is 2.33. The van der Waals surface area contributed by atoms with Gasteiger partial charge in [-0.05, 0) is 25.8 Å². The van der Waals surface area contributed by atoms with Crippen molar-refractivity contribution in [2.75, 3.05) is 25.4 Å². The summed E-state index contributed by atoms with van der Waals surface area (Å²) in [6.07, 6.45) is 1.02. The highest BCUT2D eigenvalue weighted by molar-refractivity contribution is 7.89. The first-order valence-corrected chi connectivity index (χ1v) is 6.46. The SMILES string of the molecule is CCS(=O)(=O)N1CCC2CNCC21. The lowest BCUT2D eigenvalue weighted by Crippen LogP contribution is -2.39. The van der Waals surface area contributed by atoms with E-state index in [0.717, 1.165) is 26.1 Å². The Balaban J connectivity index is 2.18. The van der Waals surface area contributed by atoms with Gasteiger partial charge in [0.1, 0.15) is 0 Å². The second-order valence-corrected chi connectivity index (χ2v) is 6.00. The highest BCUT2D eigenvalue weighted by Crippen LogP contribution is 2.29. The summed E-state index contributed by atoms with van der Waals surface area (Å²) in [5, 5.41) is 3.24. The van der Waals surface area contributed by atoms with Crippen molar-refractivity contribution in [2.45, 2.75) is 19.4 Å². The first-order chi connectivity index (χ1) is 6.15. The second-order valence-electron chi connectivity index (χ2n) is 3.79. The van der Waals surface area contributed by atoms with E-state index >= 15 is 0 Å². The predicted octanol–water partition coefficient (Wildman–Crippen LogP) is -0.370. The summed E-state index contributed by atoms with van der Waals surface area (Å²) in [4.78, 5) is 0. The number of fused-ring (bicyclic) bond motifs is 1. The van der Waals surface area contributed by atoms with Gasteiger partial charge in [0, 0.05) is 19.1 Å². The van der Waals surface area contributed by atoms with Crippen molar-refractivity contribution in [3.63, 3.8) is 0 Å². The maximum absolute atomic E-state index is 11.6. The molecular formula is C8H16N2O2S. The Morgan fingerprint density at radius 2 is 2.23 bits per heavy atom. The number of nitrogens with one attached hydrogen (secondary N) is 1. The molecule has 0 spiro atoms. The van der Waals surface area contributed by atoms with Gasteiger partial charge in [-0.15, -0.1) is 0 Å². The molecule has 0 aliphatic carbocycles. The zero-order chi connectivity index (χ0) is 9.47. The predicted molar refractivity (Wildman–Crippen MR) is 50.9 cm³/mol. The fourth-order valence-corrected chi connectivity index (χ4v) is 3.70. The Morgan fingerprint density at radius 1 is 1.46 bits per heavy atom. The molecule has 2 rings (SSSR count). The lowest BCUT2D eigenvalue weighted by atomic mass is 10.1. The summed E-state index contributed by atoms with van der Waals surface area (Å²) in [6.45, 7) is 4.27. The molecule has 0 radical (unpaired) electrons. The van der Waals surface area contributed by atoms with E-state index in [2.05, 4.69) is 5.32 Å². The minimum atomic E-state index is -2.96. The summed E-state index contributed by atoms with van der Waals surface area (Å²) in [5.41, 5.74) is 0. The van der Waals surface area contributed by atoms with E-state index in [1.54, 1.807) is 11.2 Å². The van der Waals surface area contributed by atoms with Crippen LogP contribution in [0.5, 0.6) is 0 Å². The van der Waals surface area contributed by atoms with E-state index in [4.69, 9.17) is 0 Å². The first kappa shape index (κ1) is 9.43. The normalized spacial score (nSPS) is 35.2. The van der Waals surface area contributed by atoms with Crippen molar-refractivity contribution >= 4 is 10.0 Å². The van der Waals surface area contributed by atoms with Crippen LogP contribution < -0.4 is 5.32 Å². The third-order valence-electron chi connectivity index (χ3n) is 3.12. The molecule has 5 heteroatoms. The third-order valence-corrected chi connectivity index (χ3v) is 5.01. The Morgan fingerprint density at radius 3 is 2.92 bits per heavy atom. The molecule has 13 heavy (non-hydrogen) atoms. The summed E-state index contributed by atoms with van der Waals surface area (Å²) in [7, 11) is -2.96. The van der Waals surface area contributed by atoms with Gasteiger partial charge in [-0.2, -0.15) is 4.31 Å². The number of hydrogen-bond donors (Lipinski definition) is 1. The smallest absolute Gasteiger partial charge is 0.214 e. The molecule has 2 aliphatic heterocycles. The molecule has 4 nitrogen and oxygen atoms in total. The lowest BCUT2D eigenvalue weighted by Gasteiger charge is -2.21. The molecule has 0 amide bonds. The van der Waals surface area contributed by atoms with Crippen LogP contribution in [0.1, 0.15) is 13.3 Å². The molecular weight excluding hydrogens is 188 g/mol. The molecule has 0 aromatic carbocycles. The third kappa shape index (κ3) is 1.49. The molecule has 76 valence electrons. The first-order valence-electron chi connectivity index (χ1n) is 4.85. The van der Waals surface area contributed by atoms with Crippen LogP contribution in [0.15, 0.2) is 0 Å². The van der Waals surface area contributed by atoms with E-state index in [0.29, 0.717) is 5.92 Å². The average molecular weight is 204 g/mol. The molecule has 0 bridgehead atoms. The van der Waals surface area contributed by atoms with Crippen LogP contribution in [0.2, 0.25) is 0 Å². The average Bonchev–Trinajstić information content (AvgIpc) is 2.62. The van der Waals surface area contributed by atoms with Crippen LogP contribution in [0.3, 0.4) is 0 Å². The summed E-state index contributed by atoms with van der Waals surface area (Å²) >= 11 is 0. The largest absolute Gasteiger partial charge is 0.315 e. The van der Waals surface area contributed by atoms with Crippen molar-refractivity contribution in [1.82, 2.24) is 9.62 Å². The number of sulfonamides is 1. The van der Waals surface area contributed by atoms with Crippen molar-refractivity contribution in [2.24, 2.45) is 5.92 Å². The van der Waals surface area contributed by atoms with E-state index in [-0.39, 0.29) is 11.8 Å². The minimum Gasteiger partial charge on any atom is -0.315 e. The van der Waals surface area contributed by atoms with E-state index in [9.17, 15) is 8.42 Å². The van der Waals surface area contributed by atoms with E-state index in [1.807, 2.05) is 0 Å². The molecule has 0 aromatic heterocycles. The summed E-state index contributed by atoms with van der Waals surface area (Å²) in [6, 6.07) is 0.241. The number of nitrogens with zero attached hydrogens (tertiary/aromatic N) is 1. The van der Waals surface area contributed by atoms with Crippen LogP contribution >= 0.6 is 0 Å². The molecule has 2 atom stereocenters. The van der Waals surface area contributed by atoms with Crippen molar-refractivity contribution in [3.05, 3.63) is 0 Å². The molecule has 1 N–H and O–H groups in total. The zero-order valence-electron chi connectivity index (χ0n) is 7.86. The van der Waals surface area contributed by atoms with Crippen LogP contribution in [0.25, 0.3) is 0 Å². The van der Waals surface area contributed by atoms with Gasteiger partial charge in [-0.25, -0.2) is 8.42 Å². The van der Waals surface area contributed by atoms with Crippen molar-refractivity contribution in [3.8, 4) is 0 Å². The van der Waals surface area contributed by atoms with Gasteiger partial charge in [0.25, 0.3) is 0 Å². The van der Waals surface area contributed by atoms with Crippen LogP contribution in [0, 0.1) is 5.92 Å². The van der Waals surface area contributed by atoms with Gasteiger partial charge in [0.15, 0.2) is 0 Å². The topological polar surface area (TPSA) is 49.4 Å². The van der Waals surface area contributed by atoms with Gasteiger partial charge < -0.3 is 5.32 Å². The molecule has 2 saturated heterocycles. The maximum atomic E-state index is 11.6.